The number of aliphatic hydroxyl groups is 3. The molecule has 5 N–H and O–H groups in total. The number of hydrogen-bond donors (Lipinski definition) is 5. The molecule has 0 amide bonds. The van der Waals surface area contributed by atoms with Crippen LogP contribution in [-0.4, -0.2) is 60.4 Å². The average molecular weight is 318 g/mol. The summed E-state index contributed by atoms with van der Waals surface area (Å²) in [5.74, 6) is -1.27. The Morgan fingerprint density at radius 2 is 2.14 bits per heavy atom. The second-order valence-electron chi connectivity index (χ2n) is 4.66. The SMILES string of the molecule is O=C(O)CC(O)[C@H]1O[C@@H](n2ccc(=O)[nH]c2=S)[C@H](O)[C@@H]1O. The summed E-state index contributed by atoms with van der Waals surface area (Å²) in [6.07, 6.45) is -6.21. The fourth-order valence-corrected chi connectivity index (χ4v) is 2.42. The second-order valence-corrected chi connectivity index (χ2v) is 5.04. The summed E-state index contributed by atoms with van der Waals surface area (Å²) in [6, 6.07) is 1.15. The monoisotopic (exact) mass is 318 g/mol. The van der Waals surface area contributed by atoms with E-state index in [0.717, 1.165) is 6.07 Å². The Kier molecular flexibility index (Phi) is 4.54. The summed E-state index contributed by atoms with van der Waals surface area (Å²) in [5.41, 5.74) is -0.438. The number of hydrogen-bond acceptors (Lipinski definition) is 7. The number of nitrogens with zero attached hydrogens (tertiary/aromatic N) is 1. The van der Waals surface area contributed by atoms with Crippen LogP contribution in [0.5, 0.6) is 0 Å². The van der Waals surface area contributed by atoms with E-state index in [2.05, 4.69) is 4.98 Å². The lowest BCUT2D eigenvalue weighted by Crippen LogP contribution is -2.39. The van der Waals surface area contributed by atoms with Crippen molar-refractivity contribution in [1.82, 2.24) is 9.55 Å². The highest BCUT2D eigenvalue weighted by atomic mass is 32.1. The van der Waals surface area contributed by atoms with Crippen molar-refractivity contribution in [2.24, 2.45) is 0 Å². The molecule has 0 radical (unpaired) electrons. The van der Waals surface area contributed by atoms with Crippen LogP contribution in [0.25, 0.3) is 0 Å². The molecule has 0 saturated carbocycles. The third-order valence-electron chi connectivity index (χ3n) is 3.16. The highest BCUT2D eigenvalue weighted by molar-refractivity contribution is 7.71. The molecule has 1 saturated heterocycles. The maximum absolute atomic E-state index is 11.1. The molecule has 1 aliphatic heterocycles. The summed E-state index contributed by atoms with van der Waals surface area (Å²) in [6.45, 7) is 0. The molecule has 1 aromatic rings. The van der Waals surface area contributed by atoms with Crippen LogP contribution in [0, 0.1) is 4.77 Å². The van der Waals surface area contributed by atoms with Crippen LogP contribution in [-0.2, 0) is 9.53 Å². The summed E-state index contributed by atoms with van der Waals surface area (Å²) in [5, 5.41) is 38.2. The average Bonchev–Trinajstić information content (AvgIpc) is 2.66. The largest absolute Gasteiger partial charge is 0.481 e. The molecule has 9 nitrogen and oxygen atoms in total. The third kappa shape index (κ3) is 3.19. The molecule has 1 fully saturated rings. The van der Waals surface area contributed by atoms with E-state index in [4.69, 9.17) is 22.1 Å². The molecule has 0 bridgehead atoms. The van der Waals surface area contributed by atoms with Crippen molar-refractivity contribution in [1.29, 1.82) is 0 Å². The van der Waals surface area contributed by atoms with Gasteiger partial charge in [0.15, 0.2) is 11.0 Å². The van der Waals surface area contributed by atoms with Gasteiger partial charge in [-0.15, -0.1) is 0 Å². The van der Waals surface area contributed by atoms with Gasteiger partial charge in [-0.2, -0.15) is 0 Å². The fourth-order valence-electron chi connectivity index (χ4n) is 2.16. The zero-order valence-corrected chi connectivity index (χ0v) is 11.4. The maximum atomic E-state index is 11.1. The van der Waals surface area contributed by atoms with Crippen LogP contribution in [0.4, 0.5) is 0 Å². The first-order valence-electron chi connectivity index (χ1n) is 6.04. The molecule has 10 heteroatoms. The minimum Gasteiger partial charge on any atom is -0.481 e. The Labute approximate surface area is 123 Å². The molecule has 0 aliphatic carbocycles. The highest BCUT2D eigenvalue weighted by Gasteiger charge is 2.47. The van der Waals surface area contributed by atoms with Crippen LogP contribution >= 0.6 is 12.2 Å². The van der Waals surface area contributed by atoms with Gasteiger partial charge < -0.3 is 25.2 Å². The molecule has 2 rings (SSSR count). The summed E-state index contributed by atoms with van der Waals surface area (Å²) in [7, 11) is 0. The van der Waals surface area contributed by atoms with E-state index in [-0.39, 0.29) is 4.77 Å². The fraction of sp³-hybridized carbons (Fsp3) is 0.545. The number of aliphatic hydroxyl groups excluding tert-OH is 3. The minimum atomic E-state index is -1.49. The Morgan fingerprint density at radius 1 is 1.48 bits per heavy atom. The van der Waals surface area contributed by atoms with Gasteiger partial charge >= 0.3 is 5.97 Å². The van der Waals surface area contributed by atoms with Gasteiger partial charge in [0.05, 0.1) is 12.5 Å². The number of rotatable bonds is 4. The van der Waals surface area contributed by atoms with Crippen molar-refractivity contribution < 1.29 is 30.0 Å². The Hall–Kier alpha value is -1.59. The van der Waals surface area contributed by atoms with Crippen molar-refractivity contribution in [3.8, 4) is 0 Å². The molecule has 0 spiro atoms. The smallest absolute Gasteiger partial charge is 0.306 e. The molecular formula is C11H14N2O7S. The standard InChI is InChI=1S/C11H14N2O7S/c14-4(3-6(16)17)9-7(18)8(19)10(20-9)13-2-1-5(15)12-11(13)21/h1-2,4,7-10,14,18-19H,3H2,(H,16,17)(H,12,15,21)/t4?,7-,8+,9+,10+/m0/s1. The Balaban J connectivity index is 2.25. The van der Waals surface area contributed by atoms with Crippen molar-refractivity contribution in [2.75, 3.05) is 0 Å². The number of aromatic amines is 1. The lowest BCUT2D eigenvalue weighted by Gasteiger charge is -2.19. The number of H-pyrrole nitrogens is 1. The first-order chi connectivity index (χ1) is 9.81. The first kappa shape index (κ1) is 15.8. The third-order valence-corrected chi connectivity index (χ3v) is 3.48. The Bertz CT molecular complexity index is 642. The summed E-state index contributed by atoms with van der Waals surface area (Å²) in [4.78, 5) is 24.0. The molecular weight excluding hydrogens is 304 g/mol. The summed E-state index contributed by atoms with van der Waals surface area (Å²) >= 11 is 4.92. The van der Waals surface area contributed by atoms with Crippen LogP contribution in [0.15, 0.2) is 17.1 Å². The van der Waals surface area contributed by atoms with E-state index in [9.17, 15) is 24.9 Å². The maximum Gasteiger partial charge on any atom is 0.306 e. The molecule has 0 aromatic carbocycles. The molecule has 1 unspecified atom stereocenters. The highest BCUT2D eigenvalue weighted by Crippen LogP contribution is 2.31. The van der Waals surface area contributed by atoms with Gasteiger partial charge in [-0.3, -0.25) is 19.1 Å². The van der Waals surface area contributed by atoms with Crippen LogP contribution in [0.1, 0.15) is 12.6 Å². The number of carbonyl (C=O) groups is 1. The van der Waals surface area contributed by atoms with Gasteiger partial charge in [0.1, 0.15) is 18.3 Å². The zero-order valence-electron chi connectivity index (χ0n) is 10.6. The van der Waals surface area contributed by atoms with Crippen LogP contribution < -0.4 is 5.56 Å². The molecule has 1 aromatic heterocycles. The van der Waals surface area contributed by atoms with E-state index in [1.807, 2.05) is 0 Å². The normalized spacial score (nSPS) is 30.2. The van der Waals surface area contributed by atoms with Crippen molar-refractivity contribution in [3.63, 3.8) is 0 Å². The topological polar surface area (TPSA) is 145 Å². The van der Waals surface area contributed by atoms with E-state index in [1.165, 1.54) is 10.8 Å². The van der Waals surface area contributed by atoms with E-state index in [0.29, 0.717) is 0 Å². The van der Waals surface area contributed by atoms with Gasteiger partial charge in [-0.05, 0) is 12.2 Å². The predicted octanol–water partition coefficient (Wildman–Crippen LogP) is -1.64. The number of nitrogens with one attached hydrogen (secondary N) is 1. The molecule has 5 atom stereocenters. The predicted molar refractivity (Wildman–Crippen MR) is 70.1 cm³/mol. The number of ether oxygens (including phenoxy) is 1. The van der Waals surface area contributed by atoms with Gasteiger partial charge in [-0.25, -0.2) is 0 Å². The van der Waals surface area contributed by atoms with Crippen LogP contribution in [0.2, 0.25) is 0 Å². The molecule has 116 valence electrons. The molecule has 2 heterocycles. The first-order valence-corrected chi connectivity index (χ1v) is 6.45. The van der Waals surface area contributed by atoms with E-state index >= 15 is 0 Å². The second kappa shape index (κ2) is 6.03. The minimum absolute atomic E-state index is 0.0351. The molecule has 1 aliphatic rings. The number of aromatic nitrogens is 2. The van der Waals surface area contributed by atoms with Gasteiger partial charge in [0.2, 0.25) is 0 Å². The van der Waals surface area contributed by atoms with Gasteiger partial charge in [0, 0.05) is 12.3 Å². The van der Waals surface area contributed by atoms with Crippen molar-refractivity contribution in [2.45, 2.75) is 37.1 Å². The Morgan fingerprint density at radius 3 is 2.71 bits per heavy atom. The van der Waals surface area contributed by atoms with Gasteiger partial charge in [-0.1, -0.05) is 0 Å². The quantitative estimate of drug-likeness (QED) is 0.416. The van der Waals surface area contributed by atoms with Crippen molar-refractivity contribution in [3.05, 3.63) is 27.4 Å². The van der Waals surface area contributed by atoms with E-state index < -0.39 is 48.6 Å². The number of aliphatic carboxylic acids is 1. The number of carboxylic acids is 1. The summed E-state index contributed by atoms with van der Waals surface area (Å²) < 4.78 is 6.49. The van der Waals surface area contributed by atoms with E-state index in [1.54, 1.807) is 0 Å². The van der Waals surface area contributed by atoms with Crippen molar-refractivity contribution >= 4 is 18.2 Å². The lowest BCUT2D eigenvalue weighted by atomic mass is 10.0. The number of carboxylic acid groups (broad SMARTS) is 1. The lowest BCUT2D eigenvalue weighted by molar-refractivity contribution is -0.144. The van der Waals surface area contributed by atoms with Crippen LogP contribution in [0.3, 0.4) is 0 Å². The van der Waals surface area contributed by atoms with Gasteiger partial charge in [0.25, 0.3) is 5.56 Å². The molecule has 21 heavy (non-hydrogen) atoms. The zero-order chi connectivity index (χ0) is 15.7.